The zero-order valence-corrected chi connectivity index (χ0v) is 15.6. The highest BCUT2D eigenvalue weighted by Crippen LogP contribution is 2.32. The predicted octanol–water partition coefficient (Wildman–Crippen LogP) is 4.04. The maximum Gasteiger partial charge on any atom is 0.357 e. The minimum atomic E-state index is -0.581. The third kappa shape index (κ3) is 3.18. The van der Waals surface area contributed by atoms with Gasteiger partial charge in [-0.3, -0.25) is 0 Å². The number of benzene rings is 2. The van der Waals surface area contributed by atoms with Crippen molar-refractivity contribution in [3.63, 3.8) is 0 Å². The molecule has 0 fully saturated rings. The average molecular weight is 359 g/mol. The van der Waals surface area contributed by atoms with Crippen LogP contribution in [-0.4, -0.2) is 17.6 Å². The molecule has 0 saturated carbocycles. The van der Waals surface area contributed by atoms with Crippen molar-refractivity contribution in [1.82, 2.24) is 4.57 Å². The summed E-state index contributed by atoms with van der Waals surface area (Å²) in [6, 6.07) is 20.1. The van der Waals surface area contributed by atoms with Crippen LogP contribution in [0.15, 0.2) is 60.8 Å². The van der Waals surface area contributed by atoms with Crippen LogP contribution in [0.5, 0.6) is 0 Å². The molecule has 0 aliphatic carbocycles. The van der Waals surface area contributed by atoms with E-state index in [1.54, 1.807) is 10.8 Å². The lowest BCUT2D eigenvalue weighted by Gasteiger charge is -2.26. The molecular formula is C22H21N3O2. The van der Waals surface area contributed by atoms with Crippen LogP contribution in [0.4, 0.5) is 5.69 Å². The third-order valence-electron chi connectivity index (χ3n) is 4.91. The maximum absolute atomic E-state index is 12.1. The highest BCUT2D eigenvalue weighted by molar-refractivity contribution is 5.95. The van der Waals surface area contributed by atoms with Crippen molar-refractivity contribution in [1.29, 1.82) is 5.26 Å². The van der Waals surface area contributed by atoms with Crippen molar-refractivity contribution >= 4 is 11.7 Å². The minimum absolute atomic E-state index is 0.123. The van der Waals surface area contributed by atoms with Crippen molar-refractivity contribution in [3.05, 3.63) is 83.2 Å². The van der Waals surface area contributed by atoms with E-state index in [-0.39, 0.29) is 22.4 Å². The van der Waals surface area contributed by atoms with Gasteiger partial charge in [0.1, 0.15) is 6.07 Å². The van der Waals surface area contributed by atoms with E-state index < -0.39 is 5.97 Å². The molecule has 0 radical (unpaired) electrons. The standard InChI is InChI=1S/C22H21N3O2/c1-22(2,16-7-5-4-6-8-16)17-9-11-18(12-10-17)25-14-15(13-23)19(24)20(25)21(26)27-3/h4-12,14H,24H2,1-3H3. The molecule has 0 bridgehead atoms. The summed E-state index contributed by atoms with van der Waals surface area (Å²) in [5, 5.41) is 9.24. The van der Waals surface area contributed by atoms with Crippen molar-refractivity contribution in [3.8, 4) is 11.8 Å². The van der Waals surface area contributed by atoms with E-state index in [0.717, 1.165) is 11.3 Å². The second-order valence-electron chi connectivity index (χ2n) is 6.82. The zero-order valence-electron chi connectivity index (χ0n) is 15.6. The number of rotatable bonds is 4. The van der Waals surface area contributed by atoms with Crippen LogP contribution in [0.3, 0.4) is 0 Å². The number of hydrogen-bond donors (Lipinski definition) is 1. The van der Waals surface area contributed by atoms with E-state index in [9.17, 15) is 10.1 Å². The number of aromatic nitrogens is 1. The monoisotopic (exact) mass is 359 g/mol. The van der Waals surface area contributed by atoms with Crippen molar-refractivity contribution in [2.24, 2.45) is 0 Å². The van der Waals surface area contributed by atoms with Gasteiger partial charge >= 0.3 is 5.97 Å². The summed E-state index contributed by atoms with van der Waals surface area (Å²) in [6.45, 7) is 4.33. The fraction of sp³-hybridized carbons (Fsp3) is 0.182. The second-order valence-corrected chi connectivity index (χ2v) is 6.82. The van der Waals surface area contributed by atoms with Gasteiger partial charge in [0.15, 0.2) is 5.69 Å². The molecule has 3 aromatic rings. The Kier molecular flexibility index (Phi) is 4.74. The summed E-state index contributed by atoms with van der Waals surface area (Å²) in [5.41, 5.74) is 9.39. The van der Waals surface area contributed by atoms with Gasteiger partial charge in [0.05, 0.1) is 18.4 Å². The van der Waals surface area contributed by atoms with Gasteiger partial charge in [0, 0.05) is 17.3 Å². The SMILES string of the molecule is COC(=O)c1c(N)c(C#N)cn1-c1ccc(C(C)(C)c2ccccc2)cc1. The molecule has 27 heavy (non-hydrogen) atoms. The Balaban J connectivity index is 2.05. The molecule has 0 unspecified atom stereocenters. The third-order valence-corrected chi connectivity index (χ3v) is 4.91. The normalized spacial score (nSPS) is 11.0. The van der Waals surface area contributed by atoms with Gasteiger partial charge in [-0.25, -0.2) is 4.79 Å². The van der Waals surface area contributed by atoms with Gasteiger partial charge in [0.25, 0.3) is 0 Å². The predicted molar refractivity (Wildman–Crippen MR) is 105 cm³/mol. The number of esters is 1. The summed E-state index contributed by atoms with van der Waals surface area (Å²) < 4.78 is 6.42. The first-order valence-electron chi connectivity index (χ1n) is 8.55. The Morgan fingerprint density at radius 2 is 1.67 bits per heavy atom. The number of carbonyl (C=O) groups excluding carboxylic acids is 1. The molecule has 136 valence electrons. The van der Waals surface area contributed by atoms with Crippen molar-refractivity contribution in [2.75, 3.05) is 12.8 Å². The molecular weight excluding hydrogens is 338 g/mol. The van der Waals surface area contributed by atoms with Crippen LogP contribution < -0.4 is 5.73 Å². The molecule has 3 rings (SSSR count). The van der Waals surface area contributed by atoms with Crippen LogP contribution in [0.25, 0.3) is 5.69 Å². The lowest BCUT2D eigenvalue weighted by atomic mass is 9.78. The van der Waals surface area contributed by atoms with Crippen LogP contribution in [0.2, 0.25) is 0 Å². The number of anilines is 1. The topological polar surface area (TPSA) is 81.0 Å². The van der Waals surface area contributed by atoms with Crippen LogP contribution in [0.1, 0.15) is 41.0 Å². The first-order chi connectivity index (χ1) is 12.9. The Morgan fingerprint density at radius 3 is 2.22 bits per heavy atom. The Labute approximate surface area is 158 Å². The van der Waals surface area contributed by atoms with Gasteiger partial charge in [-0.15, -0.1) is 0 Å². The molecule has 0 atom stereocenters. The van der Waals surface area contributed by atoms with Gasteiger partial charge < -0.3 is 15.0 Å². The molecule has 2 aromatic carbocycles. The number of nitrogens with zero attached hydrogens (tertiary/aromatic N) is 2. The fourth-order valence-corrected chi connectivity index (χ4v) is 3.18. The van der Waals surface area contributed by atoms with Crippen LogP contribution in [0, 0.1) is 11.3 Å². The quantitative estimate of drug-likeness (QED) is 0.713. The van der Waals surface area contributed by atoms with Gasteiger partial charge in [-0.2, -0.15) is 5.26 Å². The van der Waals surface area contributed by atoms with E-state index in [4.69, 9.17) is 10.5 Å². The molecule has 0 spiro atoms. The summed E-state index contributed by atoms with van der Waals surface area (Å²) in [5.74, 6) is -0.581. The second kappa shape index (κ2) is 7.00. The highest BCUT2D eigenvalue weighted by Gasteiger charge is 2.24. The number of nitrogens with two attached hydrogens (primary N) is 1. The summed E-state index contributed by atoms with van der Waals surface area (Å²) in [6.07, 6.45) is 1.55. The van der Waals surface area contributed by atoms with Gasteiger partial charge in [-0.05, 0) is 23.3 Å². The molecule has 2 N–H and O–H groups in total. The van der Waals surface area contributed by atoms with E-state index >= 15 is 0 Å². The number of ether oxygens (including phenoxy) is 1. The molecule has 1 heterocycles. The van der Waals surface area contributed by atoms with Gasteiger partial charge in [-0.1, -0.05) is 56.3 Å². The van der Waals surface area contributed by atoms with Crippen molar-refractivity contribution in [2.45, 2.75) is 19.3 Å². The zero-order chi connectivity index (χ0) is 19.6. The number of hydrogen-bond acceptors (Lipinski definition) is 4. The lowest BCUT2D eigenvalue weighted by Crippen LogP contribution is -2.18. The first kappa shape index (κ1) is 18.3. The molecule has 0 aliphatic rings. The van der Waals surface area contributed by atoms with Crippen LogP contribution >= 0.6 is 0 Å². The lowest BCUT2D eigenvalue weighted by molar-refractivity contribution is 0.0593. The average Bonchev–Trinajstić information content (AvgIpc) is 3.04. The number of nitriles is 1. The molecule has 0 aliphatic heterocycles. The summed E-state index contributed by atoms with van der Waals surface area (Å²) >= 11 is 0. The maximum atomic E-state index is 12.1. The summed E-state index contributed by atoms with van der Waals surface area (Å²) in [4.78, 5) is 12.1. The Bertz CT molecular complexity index is 1010. The largest absolute Gasteiger partial charge is 0.464 e. The number of nitrogen functional groups attached to an aromatic ring is 1. The fourth-order valence-electron chi connectivity index (χ4n) is 3.18. The Hall–Kier alpha value is -3.52. The van der Waals surface area contributed by atoms with E-state index in [0.29, 0.717) is 0 Å². The van der Waals surface area contributed by atoms with E-state index in [1.165, 1.54) is 12.7 Å². The first-order valence-corrected chi connectivity index (χ1v) is 8.55. The van der Waals surface area contributed by atoms with E-state index in [1.807, 2.05) is 48.5 Å². The highest BCUT2D eigenvalue weighted by atomic mass is 16.5. The van der Waals surface area contributed by atoms with Gasteiger partial charge in [0.2, 0.25) is 0 Å². The molecule has 0 amide bonds. The van der Waals surface area contributed by atoms with Crippen molar-refractivity contribution < 1.29 is 9.53 Å². The molecule has 5 nitrogen and oxygen atoms in total. The number of methoxy groups -OCH3 is 1. The summed E-state index contributed by atoms with van der Waals surface area (Å²) in [7, 11) is 1.29. The Morgan fingerprint density at radius 1 is 1.07 bits per heavy atom. The number of carbonyl (C=O) groups is 1. The molecule has 0 saturated heterocycles. The van der Waals surface area contributed by atoms with E-state index in [2.05, 4.69) is 26.0 Å². The minimum Gasteiger partial charge on any atom is -0.464 e. The smallest absolute Gasteiger partial charge is 0.357 e. The molecule has 5 heteroatoms. The molecule has 1 aromatic heterocycles. The van der Waals surface area contributed by atoms with Crippen LogP contribution in [-0.2, 0) is 10.2 Å².